The van der Waals surface area contributed by atoms with Gasteiger partial charge >= 0.3 is 0 Å². The summed E-state index contributed by atoms with van der Waals surface area (Å²) in [4.78, 5) is 14.3. The number of carbonyl (C=O) groups is 1. The van der Waals surface area contributed by atoms with Crippen LogP contribution in [0, 0.1) is 0 Å². The Morgan fingerprint density at radius 1 is 1.22 bits per heavy atom. The molecule has 0 heterocycles. The van der Waals surface area contributed by atoms with Crippen molar-refractivity contribution in [2.24, 2.45) is 0 Å². The standard InChI is InChI=1S/C15H24N2O/c1-5-12(4)17(7-3)15(18)13-8-10-14(11-9-13)16-6-2/h8-12,16H,5-7H2,1-4H3. The number of benzene rings is 1. The third-order valence-corrected chi connectivity index (χ3v) is 3.24. The van der Waals surface area contributed by atoms with E-state index in [0.29, 0.717) is 0 Å². The van der Waals surface area contributed by atoms with Gasteiger partial charge in [0.2, 0.25) is 0 Å². The molecule has 0 aliphatic rings. The molecule has 0 aliphatic carbocycles. The lowest BCUT2D eigenvalue weighted by Crippen LogP contribution is -2.38. The lowest BCUT2D eigenvalue weighted by atomic mass is 10.1. The summed E-state index contributed by atoms with van der Waals surface area (Å²) in [6, 6.07) is 8.00. The fraction of sp³-hybridized carbons (Fsp3) is 0.533. The van der Waals surface area contributed by atoms with Crippen LogP contribution in [0.5, 0.6) is 0 Å². The van der Waals surface area contributed by atoms with E-state index in [2.05, 4.69) is 26.1 Å². The second-order valence-corrected chi connectivity index (χ2v) is 4.46. The predicted octanol–water partition coefficient (Wildman–Crippen LogP) is 3.38. The maximum absolute atomic E-state index is 12.4. The molecule has 1 aromatic carbocycles. The molecular weight excluding hydrogens is 224 g/mol. The van der Waals surface area contributed by atoms with E-state index in [1.54, 1.807) is 0 Å². The smallest absolute Gasteiger partial charge is 0.254 e. The van der Waals surface area contributed by atoms with E-state index in [1.807, 2.05) is 36.1 Å². The van der Waals surface area contributed by atoms with Gasteiger partial charge in [-0.15, -0.1) is 0 Å². The monoisotopic (exact) mass is 248 g/mol. The molecule has 18 heavy (non-hydrogen) atoms. The minimum atomic E-state index is 0.120. The normalized spacial score (nSPS) is 12.0. The molecule has 1 rings (SSSR count). The summed E-state index contributed by atoms with van der Waals surface area (Å²) in [6.07, 6.45) is 0.981. The Bertz CT molecular complexity index is 373. The van der Waals surface area contributed by atoms with Crippen LogP contribution in [0.4, 0.5) is 5.69 Å². The van der Waals surface area contributed by atoms with E-state index >= 15 is 0 Å². The van der Waals surface area contributed by atoms with Gasteiger partial charge in [-0.2, -0.15) is 0 Å². The van der Waals surface area contributed by atoms with Crippen molar-refractivity contribution in [3.63, 3.8) is 0 Å². The number of hydrogen-bond acceptors (Lipinski definition) is 2. The summed E-state index contributed by atoms with van der Waals surface area (Å²) in [7, 11) is 0. The SMILES string of the molecule is CCNc1ccc(C(=O)N(CC)C(C)CC)cc1. The average Bonchev–Trinajstić information content (AvgIpc) is 2.40. The van der Waals surface area contributed by atoms with Gasteiger partial charge in [-0.1, -0.05) is 6.92 Å². The van der Waals surface area contributed by atoms with Gasteiger partial charge in [0.25, 0.3) is 5.91 Å². The molecule has 3 heteroatoms. The summed E-state index contributed by atoms with van der Waals surface area (Å²) in [5.41, 5.74) is 1.82. The van der Waals surface area contributed by atoms with Crippen molar-refractivity contribution in [3.8, 4) is 0 Å². The van der Waals surface area contributed by atoms with Crippen LogP contribution < -0.4 is 5.32 Å². The van der Waals surface area contributed by atoms with Crippen LogP contribution in [0.1, 0.15) is 44.5 Å². The van der Waals surface area contributed by atoms with Crippen LogP contribution in [-0.4, -0.2) is 29.9 Å². The zero-order valence-electron chi connectivity index (χ0n) is 11.9. The predicted molar refractivity (Wildman–Crippen MR) is 77.1 cm³/mol. The van der Waals surface area contributed by atoms with Gasteiger partial charge in [-0.25, -0.2) is 0 Å². The molecule has 0 saturated carbocycles. The first-order valence-corrected chi connectivity index (χ1v) is 6.78. The highest BCUT2D eigenvalue weighted by atomic mass is 16.2. The third-order valence-electron chi connectivity index (χ3n) is 3.24. The van der Waals surface area contributed by atoms with Crippen LogP contribution in [0.15, 0.2) is 24.3 Å². The Kier molecular flexibility index (Phi) is 5.69. The molecule has 3 nitrogen and oxygen atoms in total. The zero-order chi connectivity index (χ0) is 13.5. The van der Waals surface area contributed by atoms with E-state index in [1.165, 1.54) is 0 Å². The number of nitrogens with one attached hydrogen (secondary N) is 1. The largest absolute Gasteiger partial charge is 0.385 e. The minimum Gasteiger partial charge on any atom is -0.385 e. The molecule has 1 unspecified atom stereocenters. The highest BCUT2D eigenvalue weighted by Gasteiger charge is 2.18. The molecule has 0 saturated heterocycles. The molecule has 100 valence electrons. The van der Waals surface area contributed by atoms with Crippen molar-refractivity contribution in [2.75, 3.05) is 18.4 Å². The second-order valence-electron chi connectivity index (χ2n) is 4.46. The first-order valence-electron chi connectivity index (χ1n) is 6.78. The Labute approximate surface area is 110 Å². The number of nitrogens with zero attached hydrogens (tertiary/aromatic N) is 1. The number of amides is 1. The lowest BCUT2D eigenvalue weighted by Gasteiger charge is -2.27. The topological polar surface area (TPSA) is 32.3 Å². The van der Waals surface area contributed by atoms with Crippen LogP contribution in [0.2, 0.25) is 0 Å². The van der Waals surface area contributed by atoms with E-state index in [9.17, 15) is 4.79 Å². The summed E-state index contributed by atoms with van der Waals surface area (Å²) in [5, 5.41) is 3.23. The van der Waals surface area contributed by atoms with E-state index in [4.69, 9.17) is 0 Å². The maximum atomic E-state index is 12.4. The van der Waals surface area contributed by atoms with Crippen molar-refractivity contribution in [3.05, 3.63) is 29.8 Å². The fourth-order valence-corrected chi connectivity index (χ4v) is 1.98. The number of rotatable bonds is 6. The molecule has 1 aromatic rings. The number of hydrogen-bond donors (Lipinski definition) is 1. The highest BCUT2D eigenvalue weighted by Crippen LogP contribution is 2.14. The molecule has 0 bridgehead atoms. The Balaban J connectivity index is 2.82. The second kappa shape index (κ2) is 7.04. The molecule has 0 radical (unpaired) electrons. The van der Waals surface area contributed by atoms with Gasteiger partial charge in [-0.05, 0) is 51.5 Å². The third kappa shape index (κ3) is 3.49. The van der Waals surface area contributed by atoms with Crippen LogP contribution in [0.3, 0.4) is 0 Å². The van der Waals surface area contributed by atoms with Crippen LogP contribution in [0.25, 0.3) is 0 Å². The van der Waals surface area contributed by atoms with Gasteiger partial charge in [0, 0.05) is 30.4 Å². The van der Waals surface area contributed by atoms with Crippen molar-refractivity contribution in [1.82, 2.24) is 4.90 Å². The quantitative estimate of drug-likeness (QED) is 0.837. The number of carbonyl (C=O) groups excluding carboxylic acids is 1. The Morgan fingerprint density at radius 3 is 2.28 bits per heavy atom. The first-order chi connectivity index (χ1) is 8.63. The van der Waals surface area contributed by atoms with E-state index in [0.717, 1.165) is 30.8 Å². The van der Waals surface area contributed by atoms with E-state index < -0.39 is 0 Å². The summed E-state index contributed by atoms with van der Waals surface area (Å²) < 4.78 is 0. The number of anilines is 1. The zero-order valence-corrected chi connectivity index (χ0v) is 11.9. The molecule has 0 fully saturated rings. The molecule has 0 aliphatic heterocycles. The summed E-state index contributed by atoms with van der Waals surface area (Å²) in [6.45, 7) is 9.92. The minimum absolute atomic E-state index is 0.120. The lowest BCUT2D eigenvalue weighted by molar-refractivity contribution is 0.0700. The van der Waals surface area contributed by atoms with Crippen molar-refractivity contribution >= 4 is 11.6 Å². The molecule has 0 aromatic heterocycles. The first kappa shape index (κ1) is 14.6. The summed E-state index contributed by atoms with van der Waals surface area (Å²) >= 11 is 0. The van der Waals surface area contributed by atoms with Gasteiger partial charge < -0.3 is 10.2 Å². The molecule has 1 atom stereocenters. The van der Waals surface area contributed by atoms with Crippen molar-refractivity contribution in [1.29, 1.82) is 0 Å². The molecule has 1 amide bonds. The van der Waals surface area contributed by atoms with Crippen LogP contribution >= 0.6 is 0 Å². The van der Waals surface area contributed by atoms with Crippen molar-refractivity contribution < 1.29 is 4.79 Å². The van der Waals surface area contributed by atoms with Gasteiger partial charge in [0.15, 0.2) is 0 Å². The molecule has 1 N–H and O–H groups in total. The van der Waals surface area contributed by atoms with Crippen molar-refractivity contribution in [2.45, 2.75) is 40.2 Å². The maximum Gasteiger partial charge on any atom is 0.254 e. The fourth-order valence-electron chi connectivity index (χ4n) is 1.98. The molecular formula is C15H24N2O. The average molecular weight is 248 g/mol. The Hall–Kier alpha value is -1.51. The summed E-state index contributed by atoms with van der Waals surface area (Å²) in [5.74, 6) is 0.120. The Morgan fingerprint density at radius 2 is 1.83 bits per heavy atom. The molecule has 0 spiro atoms. The van der Waals surface area contributed by atoms with Gasteiger partial charge in [0.05, 0.1) is 0 Å². The highest BCUT2D eigenvalue weighted by molar-refractivity contribution is 5.94. The van der Waals surface area contributed by atoms with Gasteiger partial charge in [-0.3, -0.25) is 4.79 Å². The van der Waals surface area contributed by atoms with Gasteiger partial charge in [0.1, 0.15) is 0 Å². The van der Waals surface area contributed by atoms with E-state index in [-0.39, 0.29) is 11.9 Å². The van der Waals surface area contributed by atoms with Crippen LogP contribution in [-0.2, 0) is 0 Å².